The molecule has 9 aromatic rings. The zero-order chi connectivity index (χ0) is 76.2. The predicted octanol–water partition coefficient (Wildman–Crippen LogP) is 8.34. The summed E-state index contributed by atoms with van der Waals surface area (Å²) in [7, 11) is 12.0. The second-order valence-corrected chi connectivity index (χ2v) is 28.0. The van der Waals surface area contributed by atoms with Crippen molar-refractivity contribution in [2.24, 2.45) is 77.8 Å². The summed E-state index contributed by atoms with van der Waals surface area (Å²) in [5, 5.41) is 40.5. The Balaban J connectivity index is 0.000000201. The highest BCUT2D eigenvalue weighted by Crippen LogP contribution is 2.39. The molecule has 103 heavy (non-hydrogen) atoms. The minimum absolute atomic E-state index is 0.000599. The summed E-state index contributed by atoms with van der Waals surface area (Å²) >= 11 is 35.9. The van der Waals surface area contributed by atoms with E-state index in [9.17, 15) is 58.5 Å². The van der Waals surface area contributed by atoms with Gasteiger partial charge in [0, 0.05) is 55.3 Å². The van der Waals surface area contributed by atoms with Crippen molar-refractivity contribution in [2.45, 2.75) is 116 Å². The Bertz CT molecular complexity index is 5000. The van der Waals surface area contributed by atoms with Gasteiger partial charge in [-0.1, -0.05) is 108 Å². The molecule has 554 valence electrons. The number of carboxylic acids is 1. The van der Waals surface area contributed by atoms with Crippen molar-refractivity contribution in [3.63, 3.8) is 0 Å². The lowest BCUT2D eigenvalue weighted by Crippen LogP contribution is -2.39. The molecule has 3 aliphatic rings. The van der Waals surface area contributed by atoms with Crippen molar-refractivity contribution in [1.82, 2.24) is 56.1 Å². The third-order valence-electron chi connectivity index (χ3n) is 19.1. The molecule has 0 aliphatic heterocycles. The molecule has 3 saturated carbocycles. The van der Waals surface area contributed by atoms with Crippen molar-refractivity contribution >= 4 is 127 Å². The summed E-state index contributed by atoms with van der Waals surface area (Å²) in [6, 6.07) is 14.8. The first-order chi connectivity index (χ1) is 48.9. The summed E-state index contributed by atoms with van der Waals surface area (Å²) in [5.41, 5.74) is 0.649. The van der Waals surface area contributed by atoms with Crippen LogP contribution < -0.4 is 33.7 Å². The quantitative estimate of drug-likeness (QED) is 0.0622. The van der Waals surface area contributed by atoms with Crippen LogP contribution in [-0.2, 0) is 90.6 Å². The molecule has 0 saturated heterocycles. The summed E-state index contributed by atoms with van der Waals surface area (Å²) in [6.45, 7) is 2.39. The fourth-order valence-electron chi connectivity index (χ4n) is 13.1. The number of halogens is 6. The van der Waals surface area contributed by atoms with Crippen LogP contribution in [0.1, 0.15) is 125 Å². The molecule has 3 fully saturated rings. The molecule has 3 aliphatic carbocycles. The van der Waals surface area contributed by atoms with E-state index < -0.39 is 52.3 Å². The zero-order valence-corrected chi connectivity index (χ0v) is 62.4. The number of aldehydes is 1. The van der Waals surface area contributed by atoms with Gasteiger partial charge in [-0.2, -0.15) is 9.59 Å². The first-order valence-corrected chi connectivity index (χ1v) is 35.0. The number of fused-ring (bicyclic) bond motifs is 3. The molecule has 2 atom stereocenters. The van der Waals surface area contributed by atoms with Crippen LogP contribution in [0.5, 0.6) is 0 Å². The van der Waals surface area contributed by atoms with Gasteiger partial charge in [-0.25, -0.2) is 29.3 Å². The van der Waals surface area contributed by atoms with Gasteiger partial charge in [0.1, 0.15) is 30.1 Å². The van der Waals surface area contributed by atoms with E-state index in [1.165, 1.54) is 51.6 Å². The topological polar surface area (TPSA) is 361 Å². The maximum Gasteiger partial charge on any atom is 0.373 e. The van der Waals surface area contributed by atoms with E-state index in [0.29, 0.717) is 116 Å². The number of aliphatic hydroxyl groups is 3. The van der Waals surface area contributed by atoms with E-state index in [0.717, 1.165) is 51.4 Å². The van der Waals surface area contributed by atoms with Gasteiger partial charge in [0.15, 0.2) is 33.5 Å². The Morgan fingerprint density at radius 1 is 0.524 bits per heavy atom. The molecule has 0 bridgehead atoms. The number of carbonyl (C=O) groups is 3. The monoisotopic (exact) mass is 1540 g/mol. The van der Waals surface area contributed by atoms with E-state index in [-0.39, 0.29) is 83.2 Å². The van der Waals surface area contributed by atoms with Crippen LogP contribution in [0, 0.1) is 35.5 Å². The fourth-order valence-corrected chi connectivity index (χ4v) is 14.1. The van der Waals surface area contributed by atoms with Gasteiger partial charge in [0.25, 0.3) is 16.7 Å². The number of aromatic nitrogens is 12. The van der Waals surface area contributed by atoms with E-state index >= 15 is 0 Å². The van der Waals surface area contributed by atoms with Gasteiger partial charge in [-0.15, -0.1) is 0 Å². The molecule has 0 radical (unpaired) electrons. The first-order valence-electron chi connectivity index (χ1n) is 32.7. The van der Waals surface area contributed by atoms with Crippen molar-refractivity contribution in [3.8, 4) is 0 Å². The minimum Gasteiger partial charge on any atom is -0.481 e. The van der Waals surface area contributed by atoms with Crippen LogP contribution >= 0.6 is 69.6 Å². The van der Waals surface area contributed by atoms with E-state index in [1.54, 1.807) is 99.0 Å². The number of carbonyl (C=O) groups excluding carboxylic acids is 4. The average Bonchev–Trinajstić information content (AvgIpc) is 1.64. The Labute approximate surface area is 618 Å². The average molecular weight is 1550 g/mol. The molecule has 6 aromatic heterocycles. The number of methoxy groups -OCH3 is 1. The fraction of sp³-hybridized carbons (Fsp3) is 0.464. The number of benzene rings is 3. The van der Waals surface area contributed by atoms with Gasteiger partial charge >= 0.3 is 35.2 Å². The normalized spacial score (nSPS) is 18.4. The smallest absolute Gasteiger partial charge is 0.373 e. The third-order valence-corrected chi connectivity index (χ3v) is 21.3. The largest absolute Gasteiger partial charge is 0.481 e. The molecule has 4 N–H and O–H groups in total. The van der Waals surface area contributed by atoms with Gasteiger partial charge in [0.2, 0.25) is 0 Å². The number of hydrogen-bond donors (Lipinski definition) is 4. The first kappa shape index (κ1) is 82.0. The number of aryl methyl sites for hydroxylation is 6. The number of hydrogen-bond acceptors (Lipinski definition) is 18. The van der Waals surface area contributed by atoms with Crippen molar-refractivity contribution in [2.75, 3.05) is 14.2 Å². The molecule has 0 amide bonds. The van der Waals surface area contributed by atoms with Crippen molar-refractivity contribution < 1.29 is 49.1 Å². The van der Waals surface area contributed by atoms with E-state index in [2.05, 4.69) is 21.9 Å². The van der Waals surface area contributed by atoms with Crippen LogP contribution in [-0.4, -0.2) is 115 Å². The van der Waals surface area contributed by atoms with E-state index in [4.69, 9.17) is 89.0 Å². The maximum atomic E-state index is 13.3. The number of nitrogens with zero attached hydrogens (tertiary/aromatic N) is 12. The molecule has 2 unspecified atom stereocenters. The Morgan fingerprint density at radius 3 is 1.19 bits per heavy atom. The van der Waals surface area contributed by atoms with Gasteiger partial charge in [-0.3, -0.25) is 51.4 Å². The number of imidazole rings is 3. The number of aliphatic carboxylic acids is 1. The lowest BCUT2D eigenvalue weighted by molar-refractivity contribution is -0.191. The van der Waals surface area contributed by atoms with Gasteiger partial charge < -0.3 is 43.7 Å². The zero-order valence-electron chi connectivity index (χ0n) is 57.9. The van der Waals surface area contributed by atoms with Crippen LogP contribution in [0.25, 0.3) is 33.5 Å². The van der Waals surface area contributed by atoms with Crippen molar-refractivity contribution in [1.29, 1.82) is 0 Å². The summed E-state index contributed by atoms with van der Waals surface area (Å²) in [4.78, 5) is 140. The third kappa shape index (κ3) is 18.6. The molecule has 3 aromatic carbocycles. The van der Waals surface area contributed by atoms with Crippen LogP contribution in [0.3, 0.4) is 0 Å². The van der Waals surface area contributed by atoms with Crippen molar-refractivity contribution in [3.05, 3.63) is 182 Å². The maximum absolute atomic E-state index is 13.3. The summed E-state index contributed by atoms with van der Waals surface area (Å²) in [6.07, 6.45) is 10.3. The highest BCUT2D eigenvalue weighted by atomic mass is 35.5. The van der Waals surface area contributed by atoms with Gasteiger partial charge in [0.05, 0.1) is 75.0 Å². The number of esters is 1. The Kier molecular flexibility index (Phi) is 29.0. The highest BCUT2D eigenvalue weighted by molar-refractivity contribution is 6.43. The highest BCUT2D eigenvalue weighted by Gasteiger charge is 2.36. The molecule has 34 heteroatoms. The number of carboxylic acid groups (broad SMARTS) is 1. The summed E-state index contributed by atoms with van der Waals surface area (Å²) in [5.74, 6) is -0.0529. The Hall–Kier alpha value is -8.28. The second kappa shape index (κ2) is 36.4. The predicted molar refractivity (Wildman–Crippen MR) is 388 cm³/mol. The SMILES string of the molecule is CC1CCC(C=O)CC1.CO.COC(=O)C1CCC(C(O)c2nc3c(c(=O)n(Cc4ccc(Cl)c(Cl)c4)c(=O)n3C)n2C)CC1.Cn1c(C(O)C2CCC(C(=O)O)CC2)nc2c1c(=O)n(Cc1ccc(Cl)c(Cl)c1)c(=O)n2C.Cn1cnc2c1c(=O)n(Cc1ccc(Cl)c(Cl)c1)c(=O)n2C.O=C=O. The van der Waals surface area contributed by atoms with Crippen LogP contribution in [0.2, 0.25) is 30.1 Å². The molecule has 6 heterocycles. The van der Waals surface area contributed by atoms with Gasteiger partial charge in [-0.05, 0) is 135 Å². The number of ether oxygens (including phenoxy) is 1. The molecular weight excluding hydrogens is 1470 g/mol. The Morgan fingerprint density at radius 2 is 0.864 bits per heavy atom. The molecular formula is C69H80Cl6N12O16. The summed E-state index contributed by atoms with van der Waals surface area (Å²) < 4.78 is 16.8. The molecule has 28 nitrogen and oxygen atoms in total. The number of rotatable bonds is 13. The van der Waals surface area contributed by atoms with Crippen LogP contribution in [0.15, 0.2) is 89.7 Å². The lowest BCUT2D eigenvalue weighted by Gasteiger charge is -2.29. The van der Waals surface area contributed by atoms with Crippen LogP contribution in [0.4, 0.5) is 0 Å². The molecule has 0 spiro atoms. The standard InChI is InChI=1S/C23H26Cl2N4O5.C22H24Cl2N4O5.C14H12Cl2N4O2.C8H14O.CO2.CH4O/c1-27-17-19(26-20(27)18(30)13-5-7-14(8-6-13)22(32)34-3)28(2)23(33)29(21(17)31)11-12-4-9-15(24)16(25)10-12;1-26-16-18(25-19(26)17(29)12-4-6-13(7-5-12)21(31)32)27(2)22(33)28(20(16)30)10-11-3-8-14(23)15(24)9-11;1-18-7-17-12-11(18)13(21)20(14(22)19(12)2)6-8-3-4-9(15)10(16)5-8;1-7-2-4-8(6-9)5-3-7;2-1-3;1-2/h4,9-10,13-14,18,30H,5-8,11H2,1-3H3;3,8-9,12-13,17,29H,4-7,10H2,1-2H3,(H,31,32);3-5,7H,6H2,1-2H3;6-8H,2-5H2,1H3;;2H,1H3. The second-order valence-electron chi connectivity index (χ2n) is 25.6. The minimum atomic E-state index is -0.977. The number of aliphatic hydroxyl groups excluding tert-OH is 3. The lowest BCUT2D eigenvalue weighted by atomic mass is 9.79. The molecule has 12 rings (SSSR count). The van der Waals surface area contributed by atoms with E-state index in [1.807, 2.05) is 0 Å².